The van der Waals surface area contributed by atoms with Crippen LogP contribution < -0.4 is 4.74 Å². The van der Waals surface area contributed by atoms with Crippen LogP contribution in [-0.4, -0.2) is 44.1 Å². The molecule has 5 rings (SSSR count). The molecular weight excluding hydrogens is 503 g/mol. The van der Waals surface area contributed by atoms with Crippen LogP contribution in [-0.2, 0) is 6.42 Å². The van der Waals surface area contributed by atoms with Crippen molar-refractivity contribution in [1.82, 2.24) is 20.2 Å². The summed E-state index contributed by atoms with van der Waals surface area (Å²) in [7, 11) is 0. The van der Waals surface area contributed by atoms with Crippen molar-refractivity contribution in [3.63, 3.8) is 0 Å². The topological polar surface area (TPSA) is 78.3 Å². The van der Waals surface area contributed by atoms with Crippen molar-refractivity contribution in [2.24, 2.45) is 4.99 Å². The Morgan fingerprint density at radius 3 is 2.59 bits per heavy atom. The normalized spacial score (nSPS) is 12.1. The fourth-order valence-corrected chi connectivity index (χ4v) is 4.27. The first kappa shape index (κ1) is 24.6. The molecule has 5 aromatic rings. The average Bonchev–Trinajstić information content (AvgIpc) is 3.42. The molecule has 0 aliphatic carbocycles. The van der Waals surface area contributed by atoms with E-state index in [9.17, 15) is 13.2 Å². The Hall–Kier alpha value is -4.12. The first-order valence-corrected chi connectivity index (χ1v) is 11.7. The van der Waals surface area contributed by atoms with Crippen LogP contribution in [0, 0.1) is 13.8 Å². The number of fused-ring (bicyclic) bond motifs is 3. The van der Waals surface area contributed by atoms with Crippen LogP contribution in [0.4, 0.5) is 13.2 Å². The monoisotopic (exact) mass is 523 g/mol. The van der Waals surface area contributed by atoms with Gasteiger partial charge in [-0.3, -0.25) is 4.99 Å². The number of aryl methyl sites for hydroxylation is 2. The zero-order valence-electron chi connectivity index (χ0n) is 19.8. The fraction of sp³-hybridized carbons (Fsp3) is 0.192. The molecule has 0 radical (unpaired) electrons. The number of thiocarbonyl (C=S) groups is 1. The first-order chi connectivity index (χ1) is 17.7. The van der Waals surface area contributed by atoms with Crippen molar-refractivity contribution < 1.29 is 22.4 Å². The molecule has 0 N–H and O–H groups in total. The lowest BCUT2D eigenvalue weighted by Gasteiger charge is -2.09. The molecule has 0 saturated heterocycles. The molecule has 0 amide bonds. The molecule has 0 aliphatic rings. The van der Waals surface area contributed by atoms with Gasteiger partial charge in [0.05, 0.1) is 23.4 Å². The third kappa shape index (κ3) is 5.36. The maximum atomic E-state index is 12.4. The van der Waals surface area contributed by atoms with Crippen LogP contribution in [0.25, 0.3) is 27.5 Å². The second kappa shape index (κ2) is 9.74. The van der Waals surface area contributed by atoms with Gasteiger partial charge in [-0.05, 0) is 61.2 Å². The smallest absolute Gasteiger partial charge is 0.406 e. The van der Waals surface area contributed by atoms with E-state index >= 15 is 0 Å². The van der Waals surface area contributed by atoms with E-state index in [2.05, 4.69) is 25.2 Å². The Labute approximate surface area is 214 Å². The van der Waals surface area contributed by atoms with Gasteiger partial charge < -0.3 is 9.26 Å². The van der Waals surface area contributed by atoms with Crippen LogP contribution in [0.15, 0.2) is 64.1 Å². The Bertz CT molecular complexity index is 1620. The van der Waals surface area contributed by atoms with Gasteiger partial charge in [-0.1, -0.05) is 40.8 Å². The average molecular weight is 524 g/mol. The van der Waals surface area contributed by atoms with Gasteiger partial charge >= 0.3 is 6.36 Å². The number of aliphatic imine (C=N–C) groups is 1. The zero-order chi connectivity index (χ0) is 26.2. The van der Waals surface area contributed by atoms with Gasteiger partial charge in [0.2, 0.25) is 0 Å². The van der Waals surface area contributed by atoms with Gasteiger partial charge in [0, 0.05) is 28.4 Å². The van der Waals surface area contributed by atoms with Crippen LogP contribution in [0.3, 0.4) is 0 Å². The Kier molecular flexibility index (Phi) is 6.46. The molecule has 0 aliphatic heterocycles. The first-order valence-electron chi connectivity index (χ1n) is 11.3. The van der Waals surface area contributed by atoms with E-state index in [4.69, 9.17) is 16.7 Å². The van der Waals surface area contributed by atoms with E-state index in [0.717, 1.165) is 43.7 Å². The molecule has 3 aromatic carbocycles. The highest BCUT2D eigenvalue weighted by Gasteiger charge is 2.31. The van der Waals surface area contributed by atoms with Crippen LogP contribution >= 0.6 is 12.2 Å². The minimum absolute atomic E-state index is 0.301. The largest absolute Gasteiger partial charge is 0.573 e. The maximum Gasteiger partial charge on any atom is 0.573 e. The summed E-state index contributed by atoms with van der Waals surface area (Å²) < 4.78 is 48.0. The zero-order valence-corrected chi connectivity index (χ0v) is 20.6. The number of alkyl halides is 3. The second-order valence-corrected chi connectivity index (χ2v) is 9.02. The number of halogens is 3. The third-order valence-corrected chi connectivity index (χ3v) is 6.11. The molecule has 11 heteroatoms. The number of hydrogen-bond acceptors (Lipinski definition) is 7. The molecule has 0 unspecified atom stereocenters. The molecule has 0 atom stereocenters. The van der Waals surface area contributed by atoms with Gasteiger partial charge in [0.1, 0.15) is 17.0 Å². The summed E-state index contributed by atoms with van der Waals surface area (Å²) in [5.41, 5.74) is 4.73. The number of hydrogen-bond donors (Lipinski definition) is 0. The van der Waals surface area contributed by atoms with E-state index in [1.54, 1.807) is 10.9 Å². The summed E-state index contributed by atoms with van der Waals surface area (Å²) in [6.07, 6.45) is -2.37. The summed E-state index contributed by atoms with van der Waals surface area (Å²) in [5.74, 6) is 0.471. The highest BCUT2D eigenvalue weighted by atomic mass is 32.1. The molecular formula is C26H20F3N5O2S. The summed E-state index contributed by atoms with van der Waals surface area (Å²) in [4.78, 5) is 5.29. The third-order valence-electron chi connectivity index (χ3n) is 5.83. The number of rotatable bonds is 7. The lowest BCUT2D eigenvalue weighted by molar-refractivity contribution is -0.274. The van der Waals surface area contributed by atoms with E-state index in [0.29, 0.717) is 24.2 Å². The molecule has 37 heavy (non-hydrogen) atoms. The summed E-state index contributed by atoms with van der Waals surface area (Å²) in [6, 6.07) is 15.2. The number of ether oxygens (including phenoxy) is 1. The molecule has 2 aromatic heterocycles. The highest BCUT2D eigenvalue weighted by molar-refractivity contribution is 7.80. The molecule has 0 fully saturated rings. The van der Waals surface area contributed by atoms with Crippen molar-refractivity contribution in [1.29, 1.82) is 0 Å². The lowest BCUT2D eigenvalue weighted by atomic mass is 10.1. The Balaban J connectivity index is 1.33. The molecule has 0 spiro atoms. The van der Waals surface area contributed by atoms with Crippen LogP contribution in [0.1, 0.15) is 22.6 Å². The van der Waals surface area contributed by atoms with Gasteiger partial charge in [-0.15, -0.1) is 18.3 Å². The Morgan fingerprint density at radius 2 is 1.89 bits per heavy atom. The standard InChI is InChI=1S/C26H20F3N5O2S/c1-15-23(16(2)36-32-15)12-21(37)14-30-13-17-3-9-22-18(11-17)4-10-24-25(22)31-33-34(24)19-5-7-20(8-6-19)35-26(27,28)29/h3-11,13H,12,14H2,1-2H3. The van der Waals surface area contributed by atoms with E-state index in [1.807, 2.05) is 44.2 Å². The molecule has 7 nitrogen and oxygen atoms in total. The van der Waals surface area contributed by atoms with Crippen LogP contribution in [0.2, 0.25) is 0 Å². The minimum atomic E-state index is -4.74. The Morgan fingerprint density at radius 1 is 1.11 bits per heavy atom. The summed E-state index contributed by atoms with van der Waals surface area (Å²) in [5, 5.41) is 14.3. The van der Waals surface area contributed by atoms with E-state index < -0.39 is 6.36 Å². The predicted octanol–water partition coefficient (Wildman–Crippen LogP) is 6.11. The van der Waals surface area contributed by atoms with E-state index in [1.165, 1.54) is 24.3 Å². The SMILES string of the molecule is Cc1noc(C)c1CC(=S)CN=Cc1ccc2c(ccc3c2nnn3-c2ccc(OC(F)(F)F)cc2)c1. The van der Waals surface area contributed by atoms with E-state index in [-0.39, 0.29) is 5.75 Å². The number of benzene rings is 3. The maximum absolute atomic E-state index is 12.4. The van der Waals surface area contributed by atoms with Crippen molar-refractivity contribution >= 4 is 45.1 Å². The second-order valence-electron chi connectivity index (χ2n) is 8.44. The van der Waals surface area contributed by atoms with Crippen molar-refractivity contribution in [2.75, 3.05) is 6.54 Å². The minimum Gasteiger partial charge on any atom is -0.406 e. The molecule has 0 saturated carbocycles. The number of nitrogens with zero attached hydrogens (tertiary/aromatic N) is 5. The van der Waals surface area contributed by atoms with Crippen molar-refractivity contribution in [3.05, 3.63) is 77.2 Å². The van der Waals surface area contributed by atoms with Crippen molar-refractivity contribution in [3.8, 4) is 11.4 Å². The van der Waals surface area contributed by atoms with Gasteiger partial charge in [0.15, 0.2) is 0 Å². The predicted molar refractivity (Wildman–Crippen MR) is 138 cm³/mol. The molecule has 188 valence electrons. The molecule has 0 bridgehead atoms. The molecule has 2 heterocycles. The van der Waals surface area contributed by atoms with Gasteiger partial charge in [-0.25, -0.2) is 4.68 Å². The summed E-state index contributed by atoms with van der Waals surface area (Å²) >= 11 is 5.48. The number of aromatic nitrogens is 4. The lowest BCUT2D eigenvalue weighted by Crippen LogP contribution is -2.17. The van der Waals surface area contributed by atoms with Crippen molar-refractivity contribution in [2.45, 2.75) is 26.6 Å². The van der Waals surface area contributed by atoms with Gasteiger partial charge in [0.25, 0.3) is 0 Å². The summed E-state index contributed by atoms with van der Waals surface area (Å²) in [6.45, 7) is 4.18. The van der Waals surface area contributed by atoms with Gasteiger partial charge in [-0.2, -0.15) is 0 Å². The van der Waals surface area contributed by atoms with Crippen LogP contribution in [0.5, 0.6) is 5.75 Å². The highest BCUT2D eigenvalue weighted by Crippen LogP contribution is 2.28. The fourth-order valence-electron chi connectivity index (χ4n) is 4.05. The quantitative estimate of drug-likeness (QED) is 0.189.